The number of hydrogen-bond donors (Lipinski definition) is 8. The van der Waals surface area contributed by atoms with Crippen molar-refractivity contribution in [3.8, 4) is 0 Å². The Balaban J connectivity index is 1.67. The van der Waals surface area contributed by atoms with Crippen molar-refractivity contribution < 1.29 is 69.3 Å². The van der Waals surface area contributed by atoms with Gasteiger partial charge in [-0.25, -0.2) is 4.79 Å². The zero-order chi connectivity index (χ0) is 46.1. The molecule has 4 rings (SSSR count). The molecule has 20 atom stereocenters. The van der Waals surface area contributed by atoms with Crippen LogP contribution in [0.3, 0.4) is 0 Å². The molecule has 4 aliphatic rings. The van der Waals surface area contributed by atoms with Gasteiger partial charge in [0.25, 0.3) is 0 Å². The number of likely N-dealkylation sites (N-methyl/N-ethyl adjacent to an activating group) is 1. The number of carbonyl (C=O) groups excluding carboxylic acids is 1. The number of rotatable bonds is 9. The summed E-state index contributed by atoms with van der Waals surface area (Å²) >= 11 is 0. The van der Waals surface area contributed by atoms with Crippen LogP contribution in [-0.4, -0.2) is 163 Å². The van der Waals surface area contributed by atoms with E-state index in [0.29, 0.717) is 44.9 Å². The predicted octanol–water partition coefficient (Wildman–Crippen LogP) is 3.35. The summed E-state index contributed by atoms with van der Waals surface area (Å²) < 4.78 is 32.0. The predicted molar refractivity (Wildman–Crippen MR) is 232 cm³/mol. The summed E-state index contributed by atoms with van der Waals surface area (Å²) in [5.41, 5.74) is -2.05. The van der Waals surface area contributed by atoms with Crippen LogP contribution < -0.4 is 0 Å². The lowest BCUT2D eigenvalue weighted by Crippen LogP contribution is -2.57. The fourth-order valence-electron chi connectivity index (χ4n) is 10.1. The van der Waals surface area contributed by atoms with E-state index in [1.807, 2.05) is 65.8 Å². The minimum absolute atomic E-state index is 0.0477. The highest BCUT2D eigenvalue weighted by Crippen LogP contribution is 2.45. The zero-order valence-corrected chi connectivity index (χ0v) is 38.9. The Hall–Kier alpha value is -1.57. The summed E-state index contributed by atoms with van der Waals surface area (Å²) in [5, 5.41) is 90.3. The number of ether oxygens (including phenoxy) is 5. The third-order valence-electron chi connectivity index (χ3n) is 14.2. The molecule has 62 heavy (non-hydrogen) atoms. The Morgan fingerprint density at radius 3 is 2.29 bits per heavy atom. The van der Waals surface area contributed by atoms with Crippen molar-refractivity contribution in [1.82, 2.24) is 4.90 Å². The van der Waals surface area contributed by atoms with E-state index in [2.05, 4.69) is 0 Å². The summed E-state index contributed by atoms with van der Waals surface area (Å²) in [6.45, 7) is 12.2. The Morgan fingerprint density at radius 1 is 0.935 bits per heavy atom. The molecular weight excluding hydrogens is 803 g/mol. The molecule has 0 aromatic heterocycles. The monoisotopic (exact) mass is 886 g/mol. The van der Waals surface area contributed by atoms with Crippen molar-refractivity contribution in [1.29, 1.82) is 0 Å². The van der Waals surface area contributed by atoms with E-state index in [1.165, 1.54) is 13.8 Å². The number of allylic oxidation sites excluding steroid dienone is 1. The normalized spacial score (nSPS) is 44.6. The number of esters is 1. The highest BCUT2D eigenvalue weighted by molar-refractivity contribution is 5.82. The van der Waals surface area contributed by atoms with Crippen LogP contribution >= 0.6 is 0 Å². The maximum Gasteiger partial charge on any atom is 0.330 e. The van der Waals surface area contributed by atoms with Crippen molar-refractivity contribution in [3.05, 3.63) is 24.3 Å². The average Bonchev–Trinajstić information content (AvgIpc) is 3.21. The van der Waals surface area contributed by atoms with Gasteiger partial charge < -0.3 is 69.4 Å². The third kappa shape index (κ3) is 14.2. The standard InChI is InChI=1S/C47H83NO14/c1-10-33(50)22-34-17-14-19-47(61-34)25-38-29(4)37(62-47)23-35(51)32(21-27(2)26-49)16-13-11-12-15-28(3)42(54)44(60-40-24-36(52)41(48(8)9)31(6)58-40)43(55)30(5)45(56)46(7,57)20-18-39(53)59-38/h13,16,18,20,27-38,40-45,49-52,54-57H,10-12,14-15,17,19,21-26H2,1-9H3/t27-,28-,29+,30+,31-,32+,33+,34+,35-,36-,37-,38-,40-,41+,42-,43+,44+,45-,46+,47+/m0/s1. The summed E-state index contributed by atoms with van der Waals surface area (Å²) in [6.07, 6.45) is 1.07. The van der Waals surface area contributed by atoms with E-state index in [9.17, 15) is 45.6 Å². The molecule has 0 aromatic carbocycles. The molecule has 0 aliphatic carbocycles. The van der Waals surface area contributed by atoms with E-state index in [0.717, 1.165) is 25.0 Å². The number of aliphatic hydroxyl groups is 8. The fraction of sp³-hybridized carbons (Fsp3) is 0.894. The van der Waals surface area contributed by atoms with Crippen LogP contribution in [0.1, 0.15) is 126 Å². The third-order valence-corrected chi connectivity index (χ3v) is 14.2. The topological polar surface area (TPSA) is 228 Å². The minimum Gasteiger partial charge on any atom is -0.459 e. The van der Waals surface area contributed by atoms with Crippen molar-refractivity contribution >= 4 is 5.97 Å². The molecule has 15 heteroatoms. The van der Waals surface area contributed by atoms with Gasteiger partial charge in [-0.05, 0) is 97.2 Å². The van der Waals surface area contributed by atoms with Crippen molar-refractivity contribution in [2.24, 2.45) is 29.6 Å². The van der Waals surface area contributed by atoms with E-state index < -0.39 is 96.5 Å². The molecule has 3 saturated heterocycles. The maximum absolute atomic E-state index is 13.6. The van der Waals surface area contributed by atoms with Crippen LogP contribution in [0, 0.1) is 29.6 Å². The largest absolute Gasteiger partial charge is 0.459 e. The van der Waals surface area contributed by atoms with Crippen LogP contribution in [0.15, 0.2) is 24.3 Å². The van der Waals surface area contributed by atoms with Gasteiger partial charge in [0.05, 0.1) is 61.0 Å². The molecule has 1 spiro atoms. The Kier molecular flexibility index (Phi) is 20.3. The van der Waals surface area contributed by atoms with Gasteiger partial charge >= 0.3 is 5.97 Å². The lowest BCUT2D eigenvalue weighted by molar-refractivity contribution is -0.342. The highest BCUT2D eigenvalue weighted by atomic mass is 16.7. The van der Waals surface area contributed by atoms with Gasteiger partial charge in [-0.2, -0.15) is 0 Å². The van der Waals surface area contributed by atoms with Crippen LogP contribution in [0.5, 0.6) is 0 Å². The van der Waals surface area contributed by atoms with Crippen molar-refractivity contribution in [3.63, 3.8) is 0 Å². The van der Waals surface area contributed by atoms with Gasteiger partial charge in [0.15, 0.2) is 12.1 Å². The van der Waals surface area contributed by atoms with Crippen molar-refractivity contribution in [2.75, 3.05) is 20.7 Å². The maximum atomic E-state index is 13.6. The molecule has 0 amide bonds. The number of fused-ring (bicyclic) bond motifs is 2. The molecule has 0 radical (unpaired) electrons. The smallest absolute Gasteiger partial charge is 0.330 e. The second-order valence-corrected chi connectivity index (χ2v) is 19.8. The highest BCUT2D eigenvalue weighted by Gasteiger charge is 2.51. The Morgan fingerprint density at radius 2 is 1.65 bits per heavy atom. The van der Waals surface area contributed by atoms with Crippen molar-refractivity contribution in [2.45, 2.75) is 216 Å². The van der Waals surface area contributed by atoms with Gasteiger partial charge in [-0.1, -0.05) is 46.8 Å². The Bertz CT molecular complexity index is 1400. The molecular formula is C47H83NO14. The first-order valence-corrected chi connectivity index (χ1v) is 23.4. The zero-order valence-electron chi connectivity index (χ0n) is 38.9. The molecule has 0 aromatic rings. The van der Waals surface area contributed by atoms with Crippen LogP contribution in [0.4, 0.5) is 0 Å². The molecule has 8 N–H and O–H groups in total. The number of nitrogens with zero attached hydrogens (tertiary/aromatic N) is 1. The Labute approximate surface area is 370 Å². The summed E-state index contributed by atoms with van der Waals surface area (Å²) in [6, 6.07) is -0.304. The summed E-state index contributed by atoms with van der Waals surface area (Å²) in [5.74, 6) is -4.22. The van der Waals surface area contributed by atoms with Gasteiger partial charge in [0.1, 0.15) is 17.8 Å². The van der Waals surface area contributed by atoms with E-state index in [1.54, 1.807) is 0 Å². The minimum atomic E-state index is -2.05. The van der Waals surface area contributed by atoms with E-state index in [-0.39, 0.29) is 55.8 Å². The van der Waals surface area contributed by atoms with E-state index in [4.69, 9.17) is 23.7 Å². The SMILES string of the molecule is CC[C@@H](O)C[C@H]1CCC[C@@]2(C[C@@H]3OC(=O)C=C[C@@](C)(O)[C@@H](O)[C@H](C)[C@@H](O)[C@H](O[C@H]4C[C@H](O)[C@H](N(C)C)[C@H](C)O4)[C@@H](O)[C@@H](C)CCCC=C[C@H](C[C@H](C)CO)[C@@H](O)C[C@H](O2)[C@H]3C)O1. The molecule has 3 fully saturated rings. The molecule has 4 heterocycles. The lowest BCUT2D eigenvalue weighted by atomic mass is 9.80. The number of hydrogen-bond acceptors (Lipinski definition) is 15. The molecule has 0 saturated carbocycles. The first kappa shape index (κ1) is 53.0. The average molecular weight is 886 g/mol. The molecule has 4 aliphatic heterocycles. The quantitative estimate of drug-likeness (QED) is 0.123. The fourth-order valence-corrected chi connectivity index (χ4v) is 10.1. The lowest BCUT2D eigenvalue weighted by Gasteiger charge is -2.51. The first-order chi connectivity index (χ1) is 29.1. The van der Waals surface area contributed by atoms with Crippen LogP contribution in [0.2, 0.25) is 0 Å². The number of aliphatic hydroxyl groups excluding tert-OH is 7. The van der Waals surface area contributed by atoms with Crippen LogP contribution in [-0.2, 0) is 28.5 Å². The van der Waals surface area contributed by atoms with Gasteiger partial charge in [0.2, 0.25) is 0 Å². The van der Waals surface area contributed by atoms with E-state index >= 15 is 0 Å². The molecule has 2 bridgehead atoms. The molecule has 360 valence electrons. The van der Waals surface area contributed by atoms with Gasteiger partial charge in [-0.3, -0.25) is 0 Å². The molecule has 0 unspecified atom stereocenters. The van der Waals surface area contributed by atoms with Gasteiger partial charge in [-0.15, -0.1) is 0 Å². The summed E-state index contributed by atoms with van der Waals surface area (Å²) in [7, 11) is 3.69. The number of carbonyl (C=O) groups is 1. The second kappa shape index (κ2) is 23.7. The molecule has 15 nitrogen and oxygen atoms in total. The summed E-state index contributed by atoms with van der Waals surface area (Å²) in [4.78, 5) is 15.5. The second-order valence-electron chi connectivity index (χ2n) is 19.8. The van der Waals surface area contributed by atoms with Crippen LogP contribution in [0.25, 0.3) is 0 Å². The van der Waals surface area contributed by atoms with Gasteiger partial charge in [0, 0.05) is 56.1 Å². The first-order valence-electron chi connectivity index (χ1n) is 23.4.